The number of imidazole rings is 1. The first-order valence-electron chi connectivity index (χ1n) is 5.72. The molecule has 1 aliphatic heterocycles. The van der Waals surface area contributed by atoms with E-state index in [4.69, 9.17) is 10.5 Å². The molecule has 3 heterocycles. The summed E-state index contributed by atoms with van der Waals surface area (Å²) in [5.74, 6) is -0.121. The lowest BCUT2D eigenvalue weighted by Crippen LogP contribution is -2.32. The molecule has 10 nitrogen and oxygen atoms in total. The summed E-state index contributed by atoms with van der Waals surface area (Å²) in [5, 5.41) is 19.6. The van der Waals surface area contributed by atoms with Gasteiger partial charge in [-0.05, 0) is 0 Å². The van der Waals surface area contributed by atoms with Gasteiger partial charge in [0.2, 0.25) is 5.95 Å². The number of nitrogens with one attached hydrogen (secondary N) is 1. The van der Waals surface area contributed by atoms with Gasteiger partial charge in [-0.1, -0.05) is 0 Å². The number of aliphatic hydroxyl groups excluding tert-OH is 2. The van der Waals surface area contributed by atoms with Crippen molar-refractivity contribution >= 4 is 23.4 Å². The first-order chi connectivity index (χ1) is 9.52. The first-order valence-corrected chi connectivity index (χ1v) is 5.72. The number of aldehydes is 1. The first kappa shape index (κ1) is 12.7. The van der Waals surface area contributed by atoms with Crippen LogP contribution in [0.1, 0.15) is 6.23 Å². The summed E-state index contributed by atoms with van der Waals surface area (Å²) in [6, 6.07) is 0. The van der Waals surface area contributed by atoms with Gasteiger partial charge in [0.25, 0.3) is 5.56 Å². The van der Waals surface area contributed by atoms with Crippen LogP contribution in [0.4, 0.5) is 5.95 Å². The molecule has 2 aromatic rings. The van der Waals surface area contributed by atoms with E-state index in [0.717, 1.165) is 0 Å². The van der Waals surface area contributed by atoms with Gasteiger partial charge in [0, 0.05) is 0 Å². The average Bonchev–Trinajstić information content (AvgIpc) is 2.93. The molecular formula is C10H11N5O5. The number of H-pyrrole nitrogens is 1. The van der Waals surface area contributed by atoms with Crippen molar-refractivity contribution in [2.24, 2.45) is 0 Å². The Morgan fingerprint density at radius 3 is 2.85 bits per heavy atom. The Bertz CT molecular complexity index is 724. The van der Waals surface area contributed by atoms with Crippen LogP contribution >= 0.6 is 0 Å². The lowest BCUT2D eigenvalue weighted by Gasteiger charge is -2.16. The summed E-state index contributed by atoms with van der Waals surface area (Å²) in [7, 11) is 0. The van der Waals surface area contributed by atoms with Gasteiger partial charge in [0.15, 0.2) is 23.7 Å². The van der Waals surface area contributed by atoms with Crippen LogP contribution in [0.5, 0.6) is 0 Å². The third-order valence-electron chi connectivity index (χ3n) is 3.13. The maximum absolute atomic E-state index is 11.6. The standard InChI is InChI=1S/C10H11N5O5/c11-10-13-7-4(8(19)14-10)12-2-15(7)9-6(18)5(17)3(1-16)20-9/h1-3,5-6,9,17-18H,(H3,11,13,14,19)/t3-,5-,6-,9-/m1/s1. The number of rotatable bonds is 2. The average molecular weight is 281 g/mol. The third kappa shape index (κ3) is 1.70. The lowest BCUT2D eigenvalue weighted by atomic mass is 10.1. The molecule has 2 aromatic heterocycles. The minimum absolute atomic E-state index is 0.0130. The van der Waals surface area contributed by atoms with Gasteiger partial charge >= 0.3 is 0 Å². The summed E-state index contributed by atoms with van der Waals surface area (Å²) >= 11 is 0. The molecule has 0 saturated carbocycles. The fourth-order valence-corrected chi connectivity index (χ4v) is 2.16. The predicted molar refractivity (Wildman–Crippen MR) is 64.5 cm³/mol. The molecule has 0 spiro atoms. The number of nitrogens with zero attached hydrogens (tertiary/aromatic N) is 3. The summed E-state index contributed by atoms with van der Waals surface area (Å²) < 4.78 is 6.48. The second kappa shape index (κ2) is 4.37. The van der Waals surface area contributed by atoms with E-state index in [9.17, 15) is 19.8 Å². The molecule has 106 valence electrons. The lowest BCUT2D eigenvalue weighted by molar-refractivity contribution is -0.122. The Hall–Kier alpha value is -2.30. The molecule has 0 amide bonds. The number of hydrogen-bond donors (Lipinski definition) is 4. The highest BCUT2D eigenvalue weighted by atomic mass is 16.6. The SMILES string of the molecule is Nc1nc2c(ncn2[C@@H]2O[C@H](C=O)[C@@H](O)[C@H]2O)c(=O)[nH]1. The molecule has 0 aromatic carbocycles. The Morgan fingerprint density at radius 1 is 1.45 bits per heavy atom. The van der Waals surface area contributed by atoms with Crippen LogP contribution in [0, 0.1) is 0 Å². The summed E-state index contributed by atoms with van der Waals surface area (Å²) in [6.45, 7) is 0. The normalized spacial score (nSPS) is 29.9. The second-order valence-electron chi connectivity index (χ2n) is 4.38. The molecule has 0 radical (unpaired) electrons. The molecular weight excluding hydrogens is 270 g/mol. The summed E-state index contributed by atoms with van der Waals surface area (Å²) in [6.07, 6.45) is -3.35. The number of aliphatic hydroxyl groups is 2. The largest absolute Gasteiger partial charge is 0.387 e. The number of aromatic nitrogens is 4. The van der Waals surface area contributed by atoms with Crippen LogP contribution < -0.4 is 11.3 Å². The zero-order chi connectivity index (χ0) is 14.4. The van der Waals surface area contributed by atoms with Gasteiger partial charge in [-0.2, -0.15) is 4.98 Å². The van der Waals surface area contributed by atoms with Gasteiger partial charge in [-0.15, -0.1) is 0 Å². The van der Waals surface area contributed by atoms with Gasteiger partial charge in [-0.3, -0.25) is 14.3 Å². The van der Waals surface area contributed by atoms with Crippen molar-refractivity contribution in [2.75, 3.05) is 5.73 Å². The Morgan fingerprint density at radius 2 is 2.20 bits per heavy atom. The van der Waals surface area contributed by atoms with E-state index in [1.807, 2.05) is 0 Å². The van der Waals surface area contributed by atoms with E-state index in [0.29, 0.717) is 6.29 Å². The van der Waals surface area contributed by atoms with Crippen LogP contribution in [0.25, 0.3) is 11.2 Å². The molecule has 1 fully saturated rings. The smallest absolute Gasteiger partial charge is 0.280 e. The van der Waals surface area contributed by atoms with Crippen LogP contribution in [-0.4, -0.2) is 54.3 Å². The summed E-state index contributed by atoms with van der Waals surface area (Å²) in [5.41, 5.74) is 5.02. The number of ether oxygens (including phenoxy) is 1. The highest BCUT2D eigenvalue weighted by molar-refractivity contribution is 5.70. The summed E-state index contributed by atoms with van der Waals surface area (Å²) in [4.78, 5) is 32.4. The maximum atomic E-state index is 11.6. The van der Waals surface area contributed by atoms with Crippen molar-refractivity contribution in [2.45, 2.75) is 24.5 Å². The van der Waals surface area contributed by atoms with Gasteiger partial charge in [-0.25, -0.2) is 4.98 Å². The van der Waals surface area contributed by atoms with Crippen molar-refractivity contribution < 1.29 is 19.7 Å². The molecule has 0 bridgehead atoms. The molecule has 1 saturated heterocycles. The highest BCUT2D eigenvalue weighted by Crippen LogP contribution is 2.30. The molecule has 5 N–H and O–H groups in total. The maximum Gasteiger partial charge on any atom is 0.280 e. The zero-order valence-electron chi connectivity index (χ0n) is 10.0. The molecule has 0 unspecified atom stereocenters. The number of nitrogens with two attached hydrogens (primary N) is 1. The predicted octanol–water partition coefficient (Wildman–Crippen LogP) is -2.48. The number of anilines is 1. The molecule has 3 rings (SSSR count). The van der Waals surface area contributed by atoms with E-state index < -0.39 is 30.1 Å². The monoisotopic (exact) mass is 281 g/mol. The van der Waals surface area contributed by atoms with Crippen molar-refractivity contribution in [1.29, 1.82) is 0 Å². The van der Waals surface area contributed by atoms with Crippen molar-refractivity contribution in [3.8, 4) is 0 Å². The number of carbonyl (C=O) groups is 1. The van der Waals surface area contributed by atoms with Gasteiger partial charge < -0.3 is 25.5 Å². The molecule has 10 heteroatoms. The Labute approximate surface area is 110 Å². The Balaban J connectivity index is 2.12. The quantitative estimate of drug-likeness (QED) is 0.441. The number of aromatic amines is 1. The number of fused-ring (bicyclic) bond motifs is 1. The minimum Gasteiger partial charge on any atom is -0.387 e. The molecule has 0 aliphatic carbocycles. The van der Waals surface area contributed by atoms with Crippen molar-refractivity contribution in [3.63, 3.8) is 0 Å². The Kier molecular flexibility index (Phi) is 2.78. The zero-order valence-corrected chi connectivity index (χ0v) is 10.0. The number of hydrogen-bond acceptors (Lipinski definition) is 8. The van der Waals surface area contributed by atoms with E-state index in [-0.39, 0.29) is 17.1 Å². The van der Waals surface area contributed by atoms with Crippen molar-refractivity contribution in [3.05, 3.63) is 16.7 Å². The number of nitrogen functional groups attached to an aromatic ring is 1. The highest BCUT2D eigenvalue weighted by Gasteiger charge is 2.44. The van der Waals surface area contributed by atoms with E-state index >= 15 is 0 Å². The van der Waals surface area contributed by atoms with Crippen LogP contribution in [-0.2, 0) is 9.53 Å². The molecule has 20 heavy (non-hydrogen) atoms. The van der Waals surface area contributed by atoms with E-state index in [1.54, 1.807) is 0 Å². The van der Waals surface area contributed by atoms with E-state index in [1.165, 1.54) is 10.9 Å². The van der Waals surface area contributed by atoms with Crippen LogP contribution in [0.3, 0.4) is 0 Å². The van der Waals surface area contributed by atoms with Crippen molar-refractivity contribution in [1.82, 2.24) is 19.5 Å². The third-order valence-corrected chi connectivity index (χ3v) is 3.13. The van der Waals surface area contributed by atoms with Gasteiger partial charge in [0.1, 0.15) is 18.3 Å². The van der Waals surface area contributed by atoms with Crippen LogP contribution in [0.15, 0.2) is 11.1 Å². The second-order valence-corrected chi connectivity index (χ2v) is 4.38. The fraction of sp³-hybridized carbons (Fsp3) is 0.400. The fourth-order valence-electron chi connectivity index (χ4n) is 2.16. The molecule has 4 atom stereocenters. The van der Waals surface area contributed by atoms with E-state index in [2.05, 4.69) is 15.0 Å². The minimum atomic E-state index is -1.37. The van der Waals surface area contributed by atoms with Crippen LogP contribution in [0.2, 0.25) is 0 Å². The van der Waals surface area contributed by atoms with Gasteiger partial charge in [0.05, 0.1) is 6.33 Å². The number of carbonyl (C=O) groups excluding carboxylic acids is 1. The molecule has 1 aliphatic rings. The topological polar surface area (TPSA) is 156 Å².